The lowest BCUT2D eigenvalue weighted by atomic mass is 10.4. The first kappa shape index (κ1) is 10.3. The smallest absolute Gasteiger partial charge is 0.375 e. The van der Waals surface area contributed by atoms with E-state index in [4.69, 9.17) is 5.11 Å². The first-order valence-corrected chi connectivity index (χ1v) is 4.66. The Morgan fingerprint density at radius 3 is 2.50 bits per heavy atom. The zero-order valence-electron chi connectivity index (χ0n) is 9.17. The lowest BCUT2D eigenvalue weighted by Gasteiger charge is -1.98. The van der Waals surface area contributed by atoms with Crippen molar-refractivity contribution in [2.45, 2.75) is 13.8 Å². The molecule has 2 rings (SSSR count). The molecule has 7 nitrogen and oxygen atoms in total. The number of carboxylic acids is 1. The highest BCUT2D eigenvalue weighted by Crippen LogP contribution is 2.12. The van der Waals surface area contributed by atoms with Gasteiger partial charge in [0.1, 0.15) is 11.5 Å². The highest BCUT2D eigenvalue weighted by Gasteiger charge is 2.16. The molecule has 0 aliphatic rings. The minimum atomic E-state index is -1.14. The van der Waals surface area contributed by atoms with E-state index >= 15 is 0 Å². The normalized spacial score (nSPS) is 10.7. The summed E-state index contributed by atoms with van der Waals surface area (Å²) < 4.78 is 3.12. The molecule has 0 saturated heterocycles. The van der Waals surface area contributed by atoms with Crippen LogP contribution in [-0.2, 0) is 7.05 Å². The van der Waals surface area contributed by atoms with E-state index in [1.165, 1.54) is 4.68 Å². The first-order valence-electron chi connectivity index (χ1n) is 4.66. The van der Waals surface area contributed by atoms with Gasteiger partial charge in [0.05, 0.1) is 11.9 Å². The third-order valence-corrected chi connectivity index (χ3v) is 2.18. The van der Waals surface area contributed by atoms with Crippen LogP contribution in [0.1, 0.15) is 22.1 Å². The Kier molecular flexibility index (Phi) is 2.22. The van der Waals surface area contributed by atoms with Crippen molar-refractivity contribution in [2.24, 2.45) is 7.05 Å². The summed E-state index contributed by atoms with van der Waals surface area (Å²) >= 11 is 0. The van der Waals surface area contributed by atoms with Crippen LogP contribution in [0.25, 0.3) is 5.69 Å². The summed E-state index contributed by atoms with van der Waals surface area (Å²) in [6.07, 6.45) is 1.77. The number of carbonyl (C=O) groups is 1. The Hall–Kier alpha value is -2.18. The van der Waals surface area contributed by atoms with Gasteiger partial charge in [0, 0.05) is 7.05 Å². The van der Waals surface area contributed by atoms with Crippen LogP contribution in [0.5, 0.6) is 0 Å². The van der Waals surface area contributed by atoms with Crippen LogP contribution in [0.3, 0.4) is 0 Å². The Morgan fingerprint density at radius 2 is 2.06 bits per heavy atom. The van der Waals surface area contributed by atoms with Crippen LogP contribution >= 0.6 is 0 Å². The van der Waals surface area contributed by atoms with Crippen LogP contribution in [0.15, 0.2) is 6.20 Å². The Morgan fingerprint density at radius 1 is 1.38 bits per heavy atom. The third-order valence-electron chi connectivity index (χ3n) is 2.18. The van der Waals surface area contributed by atoms with E-state index in [0.717, 1.165) is 11.4 Å². The highest BCUT2D eigenvalue weighted by atomic mass is 16.4. The minimum Gasteiger partial charge on any atom is -0.475 e. The van der Waals surface area contributed by atoms with Gasteiger partial charge in [0.15, 0.2) is 0 Å². The summed E-state index contributed by atoms with van der Waals surface area (Å²) in [5.41, 5.74) is 1.51. The molecule has 2 heterocycles. The SMILES string of the molecule is Cc1nn(C)cc1-n1nc(C(=O)O)nc1C. The summed E-state index contributed by atoms with van der Waals surface area (Å²) in [4.78, 5) is 14.6. The van der Waals surface area contributed by atoms with Gasteiger partial charge < -0.3 is 5.11 Å². The fourth-order valence-electron chi connectivity index (χ4n) is 1.50. The van der Waals surface area contributed by atoms with Gasteiger partial charge in [-0.1, -0.05) is 0 Å². The predicted octanol–water partition coefficient (Wildman–Crippen LogP) is 0.316. The van der Waals surface area contributed by atoms with Gasteiger partial charge >= 0.3 is 5.97 Å². The average Bonchev–Trinajstić information content (AvgIpc) is 2.69. The topological polar surface area (TPSA) is 85.8 Å². The van der Waals surface area contributed by atoms with Gasteiger partial charge in [-0.15, -0.1) is 5.10 Å². The summed E-state index contributed by atoms with van der Waals surface area (Å²) in [6, 6.07) is 0. The summed E-state index contributed by atoms with van der Waals surface area (Å²) in [7, 11) is 1.79. The number of aryl methyl sites for hydroxylation is 3. The van der Waals surface area contributed by atoms with Crippen molar-refractivity contribution in [3.05, 3.63) is 23.5 Å². The Balaban J connectivity index is 2.56. The summed E-state index contributed by atoms with van der Waals surface area (Å²) in [6.45, 7) is 3.53. The van der Waals surface area contributed by atoms with Gasteiger partial charge in [-0.05, 0) is 13.8 Å². The van der Waals surface area contributed by atoms with Crippen molar-refractivity contribution >= 4 is 5.97 Å². The van der Waals surface area contributed by atoms with E-state index in [1.54, 1.807) is 24.9 Å². The maximum atomic E-state index is 10.7. The molecule has 7 heteroatoms. The molecule has 0 aliphatic carbocycles. The van der Waals surface area contributed by atoms with E-state index < -0.39 is 5.97 Å². The quantitative estimate of drug-likeness (QED) is 0.789. The fourth-order valence-corrected chi connectivity index (χ4v) is 1.50. The zero-order chi connectivity index (χ0) is 11.9. The van der Waals surface area contributed by atoms with E-state index in [9.17, 15) is 4.79 Å². The van der Waals surface area contributed by atoms with Gasteiger partial charge in [-0.25, -0.2) is 14.5 Å². The molecule has 1 N–H and O–H groups in total. The molecule has 0 amide bonds. The number of nitrogens with zero attached hydrogens (tertiary/aromatic N) is 5. The molecular weight excluding hydrogens is 210 g/mol. The number of hydrogen-bond donors (Lipinski definition) is 1. The molecule has 2 aromatic rings. The van der Waals surface area contributed by atoms with E-state index in [2.05, 4.69) is 15.2 Å². The second-order valence-electron chi connectivity index (χ2n) is 3.47. The summed E-state index contributed by atoms with van der Waals surface area (Å²) in [5, 5.41) is 16.9. The number of rotatable bonds is 2. The van der Waals surface area contributed by atoms with Crippen molar-refractivity contribution in [1.29, 1.82) is 0 Å². The standard InChI is InChI=1S/C9H11N5O2/c1-5-7(4-13(3)11-5)14-6(2)10-8(12-14)9(15)16/h4H,1-3H3,(H,15,16). The number of carboxylic acid groups (broad SMARTS) is 1. The zero-order valence-corrected chi connectivity index (χ0v) is 9.17. The van der Waals surface area contributed by atoms with Crippen LogP contribution in [0.2, 0.25) is 0 Å². The largest absolute Gasteiger partial charge is 0.475 e. The summed E-state index contributed by atoms with van der Waals surface area (Å²) in [5.74, 6) is -0.822. The average molecular weight is 221 g/mol. The number of aromatic nitrogens is 5. The number of aromatic carboxylic acids is 1. The first-order chi connectivity index (χ1) is 7.49. The molecule has 0 bridgehead atoms. The molecule has 16 heavy (non-hydrogen) atoms. The van der Waals surface area contributed by atoms with Crippen molar-refractivity contribution in [3.8, 4) is 5.69 Å². The molecule has 0 fully saturated rings. The van der Waals surface area contributed by atoms with Gasteiger partial charge in [0.2, 0.25) is 0 Å². The molecule has 0 unspecified atom stereocenters. The lowest BCUT2D eigenvalue weighted by Crippen LogP contribution is -2.02. The van der Waals surface area contributed by atoms with Crippen molar-refractivity contribution in [3.63, 3.8) is 0 Å². The second kappa shape index (κ2) is 3.44. The highest BCUT2D eigenvalue weighted by molar-refractivity contribution is 5.83. The predicted molar refractivity (Wildman–Crippen MR) is 54.6 cm³/mol. The molecule has 2 aromatic heterocycles. The second-order valence-corrected chi connectivity index (χ2v) is 3.47. The van der Waals surface area contributed by atoms with Crippen molar-refractivity contribution in [2.75, 3.05) is 0 Å². The molecule has 0 saturated carbocycles. The van der Waals surface area contributed by atoms with Crippen LogP contribution in [0.4, 0.5) is 0 Å². The molecule has 0 aromatic carbocycles. The Labute approximate surface area is 91.3 Å². The number of hydrogen-bond acceptors (Lipinski definition) is 4. The van der Waals surface area contributed by atoms with Gasteiger partial charge in [-0.3, -0.25) is 4.68 Å². The Bertz CT molecular complexity index is 554. The monoisotopic (exact) mass is 221 g/mol. The van der Waals surface area contributed by atoms with Crippen LogP contribution in [0, 0.1) is 13.8 Å². The fraction of sp³-hybridized carbons (Fsp3) is 0.333. The molecule has 0 aliphatic heterocycles. The van der Waals surface area contributed by atoms with E-state index in [0.29, 0.717) is 5.82 Å². The van der Waals surface area contributed by atoms with Gasteiger partial charge in [-0.2, -0.15) is 5.10 Å². The minimum absolute atomic E-state index is 0.208. The van der Waals surface area contributed by atoms with Crippen LogP contribution < -0.4 is 0 Å². The van der Waals surface area contributed by atoms with Crippen molar-refractivity contribution < 1.29 is 9.90 Å². The molecular formula is C9H11N5O2. The van der Waals surface area contributed by atoms with Crippen LogP contribution in [-0.4, -0.2) is 35.6 Å². The van der Waals surface area contributed by atoms with E-state index in [-0.39, 0.29) is 5.82 Å². The van der Waals surface area contributed by atoms with Crippen molar-refractivity contribution in [1.82, 2.24) is 24.5 Å². The molecule has 0 radical (unpaired) electrons. The molecule has 0 atom stereocenters. The third kappa shape index (κ3) is 1.56. The molecule has 0 spiro atoms. The lowest BCUT2D eigenvalue weighted by molar-refractivity contribution is 0.0683. The maximum Gasteiger partial charge on any atom is 0.375 e. The van der Waals surface area contributed by atoms with E-state index in [1.807, 2.05) is 6.92 Å². The van der Waals surface area contributed by atoms with Gasteiger partial charge in [0.25, 0.3) is 5.82 Å². The maximum absolute atomic E-state index is 10.7. The molecule has 84 valence electrons.